The van der Waals surface area contributed by atoms with E-state index in [-0.39, 0.29) is 12.3 Å². The third-order valence-electron chi connectivity index (χ3n) is 2.85. The zero-order chi connectivity index (χ0) is 13.3. The lowest BCUT2D eigenvalue weighted by atomic mass is 10.0. The first-order chi connectivity index (χ1) is 8.54. The molecule has 1 aromatic rings. The molecule has 5 nitrogen and oxygen atoms in total. The van der Waals surface area contributed by atoms with E-state index in [2.05, 4.69) is 0 Å². The molecule has 1 heterocycles. The predicted molar refractivity (Wildman–Crippen MR) is 67.7 cm³/mol. The molecule has 1 aliphatic heterocycles. The van der Waals surface area contributed by atoms with Crippen molar-refractivity contribution in [2.45, 2.75) is 18.9 Å². The third-order valence-corrected chi connectivity index (χ3v) is 3.15. The van der Waals surface area contributed by atoms with Gasteiger partial charge in [-0.2, -0.15) is 0 Å². The van der Waals surface area contributed by atoms with Gasteiger partial charge in [0.1, 0.15) is 5.75 Å². The summed E-state index contributed by atoms with van der Waals surface area (Å²) < 4.78 is 5.02. The van der Waals surface area contributed by atoms with E-state index in [1.165, 1.54) is 13.2 Å². The molecular weight excluding hydrogens is 256 g/mol. The molecule has 2 rings (SSSR count). The van der Waals surface area contributed by atoms with Crippen molar-refractivity contribution in [3.63, 3.8) is 0 Å². The van der Waals surface area contributed by atoms with Gasteiger partial charge in [0.15, 0.2) is 0 Å². The van der Waals surface area contributed by atoms with Crippen LogP contribution in [0.4, 0.5) is 5.69 Å². The highest BCUT2D eigenvalue weighted by Crippen LogP contribution is 2.30. The molecule has 1 fully saturated rings. The van der Waals surface area contributed by atoms with Crippen LogP contribution < -0.4 is 15.4 Å². The Labute approximate surface area is 109 Å². The van der Waals surface area contributed by atoms with Gasteiger partial charge in [0, 0.05) is 6.42 Å². The van der Waals surface area contributed by atoms with Gasteiger partial charge in [0.2, 0.25) is 5.91 Å². The first-order valence-electron chi connectivity index (χ1n) is 5.50. The fourth-order valence-electron chi connectivity index (χ4n) is 1.87. The van der Waals surface area contributed by atoms with Crippen molar-refractivity contribution >= 4 is 29.1 Å². The fourth-order valence-corrected chi connectivity index (χ4v) is 2.12. The molecule has 0 unspecified atom stereocenters. The largest absolute Gasteiger partial charge is 0.495 e. The maximum Gasteiger partial charge on any atom is 0.250 e. The first kappa shape index (κ1) is 12.9. The van der Waals surface area contributed by atoms with Gasteiger partial charge < -0.3 is 10.5 Å². The number of hydrogen-bond acceptors (Lipinski definition) is 4. The van der Waals surface area contributed by atoms with E-state index < -0.39 is 11.9 Å². The summed E-state index contributed by atoms with van der Waals surface area (Å²) in [4.78, 5) is 24.8. The second-order valence-corrected chi connectivity index (χ2v) is 4.44. The highest BCUT2D eigenvalue weighted by molar-refractivity contribution is 6.32. The molecule has 1 atom stereocenters. The number of rotatable bonds is 2. The summed E-state index contributed by atoms with van der Waals surface area (Å²) >= 11 is 5.98. The van der Waals surface area contributed by atoms with Crippen LogP contribution in [-0.2, 0) is 9.59 Å². The molecule has 1 saturated heterocycles. The van der Waals surface area contributed by atoms with E-state index in [1.54, 1.807) is 12.1 Å². The average Bonchev–Trinajstić information content (AvgIpc) is 2.35. The zero-order valence-corrected chi connectivity index (χ0v) is 10.6. The fraction of sp³-hybridized carbons (Fsp3) is 0.333. The van der Waals surface area contributed by atoms with E-state index in [1.807, 2.05) is 0 Å². The summed E-state index contributed by atoms with van der Waals surface area (Å²) in [6.45, 7) is 0. The highest BCUT2D eigenvalue weighted by Gasteiger charge is 2.33. The number of amides is 2. The van der Waals surface area contributed by atoms with Gasteiger partial charge in [-0.3, -0.25) is 9.59 Å². The third kappa shape index (κ3) is 2.19. The Kier molecular flexibility index (Phi) is 3.54. The molecule has 6 heteroatoms. The Morgan fingerprint density at radius 3 is 2.78 bits per heavy atom. The second-order valence-electron chi connectivity index (χ2n) is 4.03. The lowest BCUT2D eigenvalue weighted by molar-refractivity contribution is -0.130. The number of imide groups is 1. The van der Waals surface area contributed by atoms with Crippen molar-refractivity contribution in [1.82, 2.24) is 0 Å². The second kappa shape index (κ2) is 4.96. The van der Waals surface area contributed by atoms with E-state index in [0.717, 1.165) is 4.90 Å². The molecule has 2 N–H and O–H groups in total. The Bertz CT molecular complexity index is 504. The van der Waals surface area contributed by atoms with Gasteiger partial charge in [-0.25, -0.2) is 4.90 Å². The van der Waals surface area contributed by atoms with Crippen molar-refractivity contribution in [3.05, 3.63) is 23.2 Å². The van der Waals surface area contributed by atoms with E-state index in [4.69, 9.17) is 22.1 Å². The van der Waals surface area contributed by atoms with Crippen molar-refractivity contribution in [2.24, 2.45) is 5.73 Å². The molecular formula is C12H13ClN2O3. The molecule has 96 valence electrons. The summed E-state index contributed by atoms with van der Waals surface area (Å²) in [6, 6.07) is 4.11. The van der Waals surface area contributed by atoms with Gasteiger partial charge in [0.05, 0.1) is 23.9 Å². The standard InChI is InChI=1S/C12H13ClN2O3/c1-18-10-4-2-7(6-8(10)13)15-11(16)5-3-9(14)12(15)17/h2,4,6,9H,3,5,14H2,1H3/t9-/m0/s1. The van der Waals surface area contributed by atoms with Gasteiger partial charge in [-0.15, -0.1) is 0 Å². The number of carbonyl (C=O) groups excluding carboxylic acids is 2. The van der Waals surface area contributed by atoms with Gasteiger partial charge in [0.25, 0.3) is 5.91 Å². The summed E-state index contributed by atoms with van der Waals surface area (Å²) in [5, 5.41) is 0.342. The van der Waals surface area contributed by atoms with E-state index >= 15 is 0 Å². The van der Waals surface area contributed by atoms with E-state index in [0.29, 0.717) is 22.9 Å². The molecule has 1 aliphatic rings. The number of hydrogen-bond donors (Lipinski definition) is 1. The number of anilines is 1. The lowest BCUT2D eigenvalue weighted by Gasteiger charge is -2.28. The molecule has 0 saturated carbocycles. The normalized spacial score (nSPS) is 20.2. The lowest BCUT2D eigenvalue weighted by Crippen LogP contribution is -2.51. The number of nitrogens with zero attached hydrogens (tertiary/aromatic N) is 1. The molecule has 0 aliphatic carbocycles. The Morgan fingerprint density at radius 2 is 2.17 bits per heavy atom. The van der Waals surface area contributed by atoms with Gasteiger partial charge >= 0.3 is 0 Å². The molecule has 1 aromatic carbocycles. The number of carbonyl (C=O) groups is 2. The summed E-state index contributed by atoms with van der Waals surface area (Å²) in [5.41, 5.74) is 6.08. The van der Waals surface area contributed by atoms with Crippen LogP contribution in [0.1, 0.15) is 12.8 Å². The number of ether oxygens (including phenoxy) is 1. The molecule has 2 amide bonds. The van der Waals surface area contributed by atoms with Gasteiger partial charge in [-0.05, 0) is 24.6 Å². The van der Waals surface area contributed by atoms with Crippen LogP contribution >= 0.6 is 11.6 Å². The number of nitrogens with two attached hydrogens (primary N) is 1. The molecule has 0 spiro atoms. The van der Waals surface area contributed by atoms with Crippen LogP contribution in [0, 0.1) is 0 Å². The van der Waals surface area contributed by atoms with Crippen LogP contribution in [0.25, 0.3) is 0 Å². The van der Waals surface area contributed by atoms with Crippen molar-refractivity contribution in [2.75, 3.05) is 12.0 Å². The number of halogens is 1. The maximum absolute atomic E-state index is 11.9. The van der Waals surface area contributed by atoms with E-state index in [9.17, 15) is 9.59 Å². The highest BCUT2D eigenvalue weighted by atomic mass is 35.5. The van der Waals surface area contributed by atoms with Crippen LogP contribution in [0.2, 0.25) is 5.02 Å². The SMILES string of the molecule is COc1ccc(N2C(=O)CC[C@H](N)C2=O)cc1Cl. The molecule has 18 heavy (non-hydrogen) atoms. The minimum atomic E-state index is -0.636. The zero-order valence-electron chi connectivity index (χ0n) is 9.85. The monoisotopic (exact) mass is 268 g/mol. The van der Waals surface area contributed by atoms with Crippen molar-refractivity contribution in [1.29, 1.82) is 0 Å². The van der Waals surface area contributed by atoms with Crippen LogP contribution in [0.15, 0.2) is 18.2 Å². The van der Waals surface area contributed by atoms with Crippen molar-refractivity contribution in [3.8, 4) is 5.75 Å². The summed E-state index contributed by atoms with van der Waals surface area (Å²) in [5.74, 6) is -0.169. The molecule has 0 bridgehead atoms. The van der Waals surface area contributed by atoms with Crippen LogP contribution in [0.3, 0.4) is 0 Å². The first-order valence-corrected chi connectivity index (χ1v) is 5.88. The smallest absolute Gasteiger partial charge is 0.250 e. The quantitative estimate of drug-likeness (QED) is 0.822. The molecule has 0 aromatic heterocycles. The van der Waals surface area contributed by atoms with Crippen LogP contribution in [-0.4, -0.2) is 25.0 Å². The summed E-state index contributed by atoms with van der Waals surface area (Å²) in [6.07, 6.45) is 0.647. The van der Waals surface area contributed by atoms with Gasteiger partial charge in [-0.1, -0.05) is 11.6 Å². The number of methoxy groups -OCH3 is 1. The predicted octanol–water partition coefficient (Wildman–Crippen LogP) is 1.33. The average molecular weight is 269 g/mol. The Balaban J connectivity index is 2.37. The Hall–Kier alpha value is -1.59. The van der Waals surface area contributed by atoms with Crippen LogP contribution in [0.5, 0.6) is 5.75 Å². The van der Waals surface area contributed by atoms with Crippen molar-refractivity contribution < 1.29 is 14.3 Å². The minimum Gasteiger partial charge on any atom is -0.495 e. The number of benzene rings is 1. The molecule has 0 radical (unpaired) electrons. The summed E-state index contributed by atoms with van der Waals surface area (Å²) in [7, 11) is 1.49. The minimum absolute atomic E-state index is 0.260. The Morgan fingerprint density at radius 1 is 1.44 bits per heavy atom. The number of piperidine rings is 1. The topological polar surface area (TPSA) is 72.6 Å². The maximum atomic E-state index is 11.9.